The Kier molecular flexibility index (Phi) is 10.9. The molecule has 2 nitrogen and oxygen atoms in total. The van der Waals surface area contributed by atoms with Crippen LogP contribution in [0.25, 0.3) is 0 Å². The minimum atomic E-state index is 0.367. The summed E-state index contributed by atoms with van der Waals surface area (Å²) in [5.41, 5.74) is 0. The van der Waals surface area contributed by atoms with Gasteiger partial charge in [-0.05, 0) is 19.3 Å². The minimum absolute atomic E-state index is 0.367. The van der Waals surface area contributed by atoms with E-state index in [2.05, 4.69) is 6.92 Å². The highest BCUT2D eigenvalue weighted by molar-refractivity contribution is 5.79. The van der Waals surface area contributed by atoms with E-state index in [1.165, 1.54) is 64.2 Å². The number of hydrogen-bond donors (Lipinski definition) is 0. The van der Waals surface area contributed by atoms with Crippen molar-refractivity contribution in [2.75, 3.05) is 6.61 Å². The molecule has 0 atom stereocenters. The second-order valence-corrected chi connectivity index (χ2v) is 6.29. The number of ether oxygens (including phenoxy) is 1. The van der Waals surface area contributed by atoms with Gasteiger partial charge in [0, 0.05) is 19.4 Å². The molecule has 0 N–H and O–H groups in total. The molecule has 0 bridgehead atoms. The molecule has 0 saturated heterocycles. The summed E-state index contributed by atoms with van der Waals surface area (Å²) in [6.07, 6.45) is 17.4. The van der Waals surface area contributed by atoms with Crippen molar-refractivity contribution in [1.82, 2.24) is 0 Å². The van der Waals surface area contributed by atoms with Crippen molar-refractivity contribution < 1.29 is 9.53 Å². The molecule has 0 unspecified atom stereocenters. The van der Waals surface area contributed by atoms with Crippen LogP contribution in [0, 0.1) is 0 Å². The van der Waals surface area contributed by atoms with Crippen molar-refractivity contribution in [2.24, 2.45) is 0 Å². The zero-order valence-electron chi connectivity index (χ0n) is 13.5. The molecular formula is C18H34O2. The van der Waals surface area contributed by atoms with Crippen molar-refractivity contribution in [2.45, 2.75) is 103 Å². The van der Waals surface area contributed by atoms with E-state index in [0.29, 0.717) is 11.9 Å². The van der Waals surface area contributed by atoms with Crippen molar-refractivity contribution in [1.29, 1.82) is 0 Å². The molecule has 0 aromatic rings. The van der Waals surface area contributed by atoms with Crippen molar-refractivity contribution >= 4 is 5.78 Å². The van der Waals surface area contributed by atoms with Crippen molar-refractivity contribution in [3.05, 3.63) is 0 Å². The molecule has 1 aliphatic rings. The maximum atomic E-state index is 11.1. The van der Waals surface area contributed by atoms with Gasteiger partial charge in [-0.1, -0.05) is 64.7 Å². The first-order valence-corrected chi connectivity index (χ1v) is 8.96. The van der Waals surface area contributed by atoms with Crippen LogP contribution in [0.15, 0.2) is 0 Å². The number of ketones is 1. The topological polar surface area (TPSA) is 26.3 Å². The monoisotopic (exact) mass is 282 g/mol. The van der Waals surface area contributed by atoms with Crippen LogP contribution in [0.3, 0.4) is 0 Å². The van der Waals surface area contributed by atoms with Crippen LogP contribution in [-0.4, -0.2) is 18.5 Å². The Morgan fingerprint density at radius 1 is 0.850 bits per heavy atom. The number of rotatable bonds is 12. The molecule has 1 aliphatic carbocycles. The molecule has 20 heavy (non-hydrogen) atoms. The van der Waals surface area contributed by atoms with Gasteiger partial charge in [-0.3, -0.25) is 4.79 Å². The number of carbonyl (C=O) groups excluding carboxylic acids is 1. The Hall–Kier alpha value is -0.370. The molecule has 1 saturated carbocycles. The first-order chi connectivity index (χ1) is 9.83. The normalized spacial score (nSPS) is 16.8. The average Bonchev–Trinajstić information content (AvgIpc) is 2.47. The number of unbranched alkanes of at least 4 members (excludes halogenated alkanes) is 9. The zero-order valence-corrected chi connectivity index (χ0v) is 13.5. The lowest BCUT2D eigenvalue weighted by Crippen LogP contribution is -2.21. The standard InChI is InChI=1S/C18H34O2/c1-2-3-4-5-6-7-8-9-10-11-16-20-18-14-12-17(19)13-15-18/h18H,2-16H2,1H3. The van der Waals surface area contributed by atoms with Gasteiger partial charge in [-0.15, -0.1) is 0 Å². The smallest absolute Gasteiger partial charge is 0.133 e. The predicted octanol–water partition coefficient (Wildman–Crippen LogP) is 5.44. The molecule has 0 heterocycles. The number of Topliss-reactive ketones (excluding diaryl/α,β-unsaturated/α-hetero) is 1. The quantitative estimate of drug-likeness (QED) is 0.446. The van der Waals surface area contributed by atoms with Crippen LogP contribution < -0.4 is 0 Å². The van der Waals surface area contributed by atoms with E-state index in [4.69, 9.17) is 4.74 Å². The Morgan fingerprint density at radius 3 is 1.90 bits per heavy atom. The highest BCUT2D eigenvalue weighted by Gasteiger charge is 2.18. The molecule has 0 aromatic carbocycles. The van der Waals surface area contributed by atoms with Crippen LogP contribution in [0.4, 0.5) is 0 Å². The average molecular weight is 282 g/mol. The summed E-state index contributed by atoms with van der Waals surface area (Å²) in [7, 11) is 0. The number of hydrogen-bond acceptors (Lipinski definition) is 2. The largest absolute Gasteiger partial charge is 0.378 e. The molecule has 1 fully saturated rings. The maximum absolute atomic E-state index is 11.1. The lowest BCUT2D eigenvalue weighted by atomic mass is 9.96. The molecule has 0 amide bonds. The minimum Gasteiger partial charge on any atom is -0.378 e. The third kappa shape index (κ3) is 9.52. The third-order valence-corrected chi connectivity index (χ3v) is 4.34. The van der Waals surface area contributed by atoms with Crippen molar-refractivity contribution in [3.63, 3.8) is 0 Å². The van der Waals surface area contributed by atoms with Gasteiger partial charge in [0.2, 0.25) is 0 Å². The molecule has 118 valence electrons. The van der Waals surface area contributed by atoms with Gasteiger partial charge in [0.1, 0.15) is 5.78 Å². The fourth-order valence-electron chi connectivity index (χ4n) is 2.92. The van der Waals surface area contributed by atoms with Gasteiger partial charge in [-0.25, -0.2) is 0 Å². The highest BCUT2D eigenvalue weighted by atomic mass is 16.5. The van der Waals surface area contributed by atoms with Gasteiger partial charge in [-0.2, -0.15) is 0 Å². The van der Waals surface area contributed by atoms with E-state index in [-0.39, 0.29) is 0 Å². The molecule has 1 rings (SSSR count). The summed E-state index contributed by atoms with van der Waals surface area (Å²) in [6.45, 7) is 3.17. The molecule has 0 radical (unpaired) electrons. The summed E-state index contributed by atoms with van der Waals surface area (Å²) in [5.74, 6) is 0.420. The predicted molar refractivity (Wildman–Crippen MR) is 85.1 cm³/mol. The Bertz CT molecular complexity index is 228. The summed E-state index contributed by atoms with van der Waals surface area (Å²) in [5, 5.41) is 0. The van der Waals surface area contributed by atoms with E-state index in [0.717, 1.165) is 32.3 Å². The Morgan fingerprint density at radius 2 is 1.35 bits per heavy atom. The van der Waals surface area contributed by atoms with Crippen LogP contribution in [0.1, 0.15) is 96.8 Å². The van der Waals surface area contributed by atoms with Gasteiger partial charge in [0.15, 0.2) is 0 Å². The molecule has 0 spiro atoms. The second-order valence-electron chi connectivity index (χ2n) is 6.29. The van der Waals surface area contributed by atoms with E-state index in [9.17, 15) is 4.79 Å². The zero-order chi connectivity index (χ0) is 14.5. The molecular weight excluding hydrogens is 248 g/mol. The fraction of sp³-hybridized carbons (Fsp3) is 0.944. The first-order valence-electron chi connectivity index (χ1n) is 8.96. The van der Waals surface area contributed by atoms with Gasteiger partial charge >= 0.3 is 0 Å². The van der Waals surface area contributed by atoms with Crippen molar-refractivity contribution in [3.8, 4) is 0 Å². The first kappa shape index (κ1) is 17.7. The summed E-state index contributed by atoms with van der Waals surface area (Å²) in [6, 6.07) is 0. The highest BCUT2D eigenvalue weighted by Crippen LogP contribution is 2.18. The third-order valence-electron chi connectivity index (χ3n) is 4.34. The molecule has 2 heteroatoms. The number of carbonyl (C=O) groups is 1. The SMILES string of the molecule is CCCCCCCCCCCCOC1CCC(=O)CC1. The fourth-order valence-corrected chi connectivity index (χ4v) is 2.92. The van der Waals surface area contributed by atoms with Crippen LogP contribution in [0.2, 0.25) is 0 Å². The maximum Gasteiger partial charge on any atom is 0.133 e. The molecule has 0 aromatic heterocycles. The van der Waals surface area contributed by atoms with Crippen LogP contribution >= 0.6 is 0 Å². The lowest BCUT2D eigenvalue weighted by Gasteiger charge is -2.21. The van der Waals surface area contributed by atoms with Crippen LogP contribution in [0.5, 0.6) is 0 Å². The van der Waals surface area contributed by atoms with Gasteiger partial charge in [0.05, 0.1) is 6.10 Å². The Labute approximate surface area is 125 Å². The van der Waals surface area contributed by atoms with E-state index >= 15 is 0 Å². The molecule has 0 aliphatic heterocycles. The summed E-state index contributed by atoms with van der Waals surface area (Å²) < 4.78 is 5.85. The second kappa shape index (κ2) is 12.4. The van der Waals surface area contributed by atoms with Gasteiger partial charge < -0.3 is 4.74 Å². The summed E-state index contributed by atoms with van der Waals surface area (Å²) >= 11 is 0. The lowest BCUT2D eigenvalue weighted by molar-refractivity contribution is -0.123. The van der Waals surface area contributed by atoms with E-state index in [1.807, 2.05) is 0 Å². The van der Waals surface area contributed by atoms with Crippen LogP contribution in [-0.2, 0) is 9.53 Å². The van der Waals surface area contributed by atoms with E-state index in [1.54, 1.807) is 0 Å². The Balaban J connectivity index is 1.75. The van der Waals surface area contributed by atoms with E-state index < -0.39 is 0 Å². The van der Waals surface area contributed by atoms with Gasteiger partial charge in [0.25, 0.3) is 0 Å². The summed E-state index contributed by atoms with van der Waals surface area (Å²) in [4.78, 5) is 11.1.